The molecule has 0 bridgehead atoms. The third-order valence-corrected chi connectivity index (χ3v) is 3.75. The van der Waals surface area contributed by atoms with Crippen LogP contribution in [0.1, 0.15) is 18.5 Å². The third kappa shape index (κ3) is 2.85. The monoisotopic (exact) mass is 330 g/mol. The summed E-state index contributed by atoms with van der Waals surface area (Å²) in [6.07, 6.45) is 2.96. The molecule has 0 spiro atoms. The highest BCUT2D eigenvalue weighted by Gasteiger charge is 2.34. The van der Waals surface area contributed by atoms with Crippen molar-refractivity contribution >= 4 is 23.5 Å². The molecule has 0 aliphatic carbocycles. The summed E-state index contributed by atoms with van der Waals surface area (Å²) in [5.41, 5.74) is 1.97. The molecule has 1 atom stereocenters. The summed E-state index contributed by atoms with van der Waals surface area (Å²) in [5.74, 6) is 0.133. The molecular formula is C16H15ClN4O2. The van der Waals surface area contributed by atoms with Crippen LogP contribution in [0.3, 0.4) is 0 Å². The van der Waals surface area contributed by atoms with Crippen molar-refractivity contribution in [1.29, 1.82) is 0 Å². The van der Waals surface area contributed by atoms with Crippen LogP contribution >= 0.6 is 11.6 Å². The lowest BCUT2D eigenvalue weighted by Crippen LogP contribution is -2.29. The second-order valence-electron chi connectivity index (χ2n) is 5.04. The van der Waals surface area contributed by atoms with E-state index in [2.05, 4.69) is 22.0 Å². The van der Waals surface area contributed by atoms with E-state index < -0.39 is 12.0 Å². The van der Waals surface area contributed by atoms with Gasteiger partial charge in [-0.2, -0.15) is 10.1 Å². The molecule has 0 fully saturated rings. The van der Waals surface area contributed by atoms with Crippen LogP contribution in [-0.2, 0) is 9.53 Å². The first kappa shape index (κ1) is 15.3. The SMILES string of the molecule is C=CCOC(=O)C1=C(C)Nc2ncnn2[C@@H]1c1cccc(Cl)c1. The van der Waals surface area contributed by atoms with E-state index in [-0.39, 0.29) is 6.61 Å². The lowest BCUT2D eigenvalue weighted by molar-refractivity contribution is -0.138. The number of fused-ring (bicyclic) bond motifs is 1. The van der Waals surface area contributed by atoms with Crippen LogP contribution in [0.5, 0.6) is 0 Å². The number of hydrogen-bond acceptors (Lipinski definition) is 5. The number of esters is 1. The smallest absolute Gasteiger partial charge is 0.338 e. The molecule has 0 radical (unpaired) electrons. The van der Waals surface area contributed by atoms with Gasteiger partial charge >= 0.3 is 5.97 Å². The molecule has 1 N–H and O–H groups in total. The van der Waals surface area contributed by atoms with E-state index in [0.29, 0.717) is 22.2 Å². The van der Waals surface area contributed by atoms with Crippen molar-refractivity contribution in [1.82, 2.24) is 14.8 Å². The van der Waals surface area contributed by atoms with E-state index in [1.165, 1.54) is 12.4 Å². The minimum atomic E-state index is -0.454. The number of anilines is 1. The van der Waals surface area contributed by atoms with E-state index in [1.54, 1.807) is 23.7 Å². The number of nitrogens with one attached hydrogen (secondary N) is 1. The number of carbonyl (C=O) groups excluding carboxylic acids is 1. The molecule has 0 saturated carbocycles. The van der Waals surface area contributed by atoms with Crippen LogP contribution in [0.2, 0.25) is 5.02 Å². The van der Waals surface area contributed by atoms with Gasteiger partial charge in [-0.15, -0.1) is 0 Å². The first-order valence-corrected chi connectivity index (χ1v) is 7.40. The molecule has 7 heteroatoms. The number of hydrogen-bond donors (Lipinski definition) is 1. The zero-order valence-electron chi connectivity index (χ0n) is 12.5. The minimum absolute atomic E-state index is 0.141. The predicted molar refractivity (Wildman–Crippen MR) is 87.1 cm³/mol. The standard InChI is InChI=1S/C16H15ClN4O2/c1-3-7-23-15(22)13-10(2)20-16-18-9-19-21(16)14(13)11-5-4-6-12(17)8-11/h3-6,8-9,14H,1,7H2,2H3,(H,18,19,20)/t14-/m1/s1. The average molecular weight is 331 g/mol. The van der Waals surface area contributed by atoms with Crippen LogP contribution in [-0.4, -0.2) is 27.3 Å². The fourth-order valence-corrected chi connectivity index (χ4v) is 2.75. The number of halogens is 1. The highest BCUT2D eigenvalue weighted by atomic mass is 35.5. The molecule has 0 saturated heterocycles. The second kappa shape index (κ2) is 6.26. The van der Waals surface area contributed by atoms with Gasteiger partial charge in [0.1, 0.15) is 19.0 Å². The Morgan fingerprint density at radius 3 is 3.13 bits per heavy atom. The van der Waals surface area contributed by atoms with E-state index in [1.807, 2.05) is 12.1 Å². The second-order valence-corrected chi connectivity index (χ2v) is 5.47. The molecule has 0 amide bonds. The van der Waals surface area contributed by atoms with Crippen LogP contribution in [0.25, 0.3) is 0 Å². The average Bonchev–Trinajstić information content (AvgIpc) is 2.99. The maximum atomic E-state index is 12.5. The van der Waals surface area contributed by atoms with Crippen molar-refractivity contribution in [3.63, 3.8) is 0 Å². The van der Waals surface area contributed by atoms with Gasteiger partial charge in [0.05, 0.1) is 5.57 Å². The number of rotatable bonds is 4. The Labute approximate surface area is 138 Å². The molecule has 1 aliphatic rings. The summed E-state index contributed by atoms with van der Waals surface area (Å²) in [6.45, 7) is 5.51. The summed E-state index contributed by atoms with van der Waals surface area (Å²) >= 11 is 6.11. The minimum Gasteiger partial charge on any atom is -0.458 e. The molecule has 1 aliphatic heterocycles. The number of ether oxygens (including phenoxy) is 1. The molecule has 118 valence electrons. The Bertz CT molecular complexity index is 797. The Morgan fingerprint density at radius 2 is 2.39 bits per heavy atom. The molecule has 3 rings (SSSR count). The lowest BCUT2D eigenvalue weighted by Gasteiger charge is -2.28. The zero-order chi connectivity index (χ0) is 16.4. The lowest BCUT2D eigenvalue weighted by atomic mass is 9.96. The molecule has 2 aromatic rings. The largest absolute Gasteiger partial charge is 0.458 e. The third-order valence-electron chi connectivity index (χ3n) is 3.51. The highest BCUT2D eigenvalue weighted by molar-refractivity contribution is 6.30. The van der Waals surface area contributed by atoms with Gasteiger partial charge in [0.2, 0.25) is 5.95 Å². The van der Waals surface area contributed by atoms with Gasteiger partial charge in [0, 0.05) is 10.7 Å². The van der Waals surface area contributed by atoms with E-state index in [0.717, 1.165) is 5.56 Å². The van der Waals surface area contributed by atoms with E-state index in [9.17, 15) is 4.79 Å². The summed E-state index contributed by atoms with van der Waals surface area (Å²) in [4.78, 5) is 16.7. The van der Waals surface area contributed by atoms with Crippen molar-refractivity contribution in [2.75, 3.05) is 11.9 Å². The van der Waals surface area contributed by atoms with Gasteiger partial charge in [-0.25, -0.2) is 9.48 Å². The number of nitrogens with zero attached hydrogens (tertiary/aromatic N) is 3. The first-order valence-electron chi connectivity index (χ1n) is 7.02. The molecule has 2 heterocycles. The zero-order valence-corrected chi connectivity index (χ0v) is 13.2. The van der Waals surface area contributed by atoms with E-state index >= 15 is 0 Å². The summed E-state index contributed by atoms with van der Waals surface area (Å²) in [7, 11) is 0. The fraction of sp³-hybridized carbons (Fsp3) is 0.188. The molecule has 6 nitrogen and oxygen atoms in total. The number of benzene rings is 1. The molecular weight excluding hydrogens is 316 g/mol. The van der Waals surface area contributed by atoms with E-state index in [4.69, 9.17) is 16.3 Å². The maximum absolute atomic E-state index is 12.5. The normalized spacial score (nSPS) is 16.5. The topological polar surface area (TPSA) is 69.0 Å². The Hall–Kier alpha value is -2.60. The molecule has 23 heavy (non-hydrogen) atoms. The first-order chi connectivity index (χ1) is 11.1. The summed E-state index contributed by atoms with van der Waals surface area (Å²) in [6, 6.07) is 6.85. The van der Waals surface area contributed by atoms with Crippen LogP contribution < -0.4 is 5.32 Å². The highest BCUT2D eigenvalue weighted by Crippen LogP contribution is 2.35. The van der Waals surface area contributed by atoms with Gasteiger partial charge < -0.3 is 10.1 Å². The molecule has 1 aromatic heterocycles. The Morgan fingerprint density at radius 1 is 1.57 bits per heavy atom. The summed E-state index contributed by atoms with van der Waals surface area (Å²) in [5, 5.41) is 7.88. The van der Waals surface area contributed by atoms with Crippen molar-refractivity contribution in [2.45, 2.75) is 13.0 Å². The van der Waals surface area contributed by atoms with Gasteiger partial charge in [0.25, 0.3) is 0 Å². The Kier molecular flexibility index (Phi) is 4.16. The maximum Gasteiger partial charge on any atom is 0.338 e. The van der Waals surface area contributed by atoms with Gasteiger partial charge in [-0.05, 0) is 24.6 Å². The van der Waals surface area contributed by atoms with Crippen molar-refractivity contribution in [2.24, 2.45) is 0 Å². The van der Waals surface area contributed by atoms with Crippen molar-refractivity contribution in [3.05, 3.63) is 65.1 Å². The van der Waals surface area contributed by atoms with Crippen LogP contribution in [0.4, 0.5) is 5.95 Å². The fourth-order valence-electron chi connectivity index (χ4n) is 2.55. The molecule has 1 aromatic carbocycles. The predicted octanol–water partition coefficient (Wildman–Crippen LogP) is 2.95. The number of carbonyl (C=O) groups is 1. The molecule has 0 unspecified atom stereocenters. The quantitative estimate of drug-likeness (QED) is 0.689. The van der Waals surface area contributed by atoms with Crippen LogP contribution in [0.15, 0.2) is 54.5 Å². The Balaban J connectivity index is 2.10. The summed E-state index contributed by atoms with van der Waals surface area (Å²) < 4.78 is 6.87. The van der Waals surface area contributed by atoms with Crippen molar-refractivity contribution < 1.29 is 9.53 Å². The van der Waals surface area contributed by atoms with Crippen molar-refractivity contribution in [3.8, 4) is 0 Å². The number of aromatic nitrogens is 3. The van der Waals surface area contributed by atoms with Crippen LogP contribution in [0, 0.1) is 0 Å². The number of allylic oxidation sites excluding steroid dienone is 1. The van der Waals surface area contributed by atoms with Gasteiger partial charge in [0.15, 0.2) is 0 Å². The van der Waals surface area contributed by atoms with Gasteiger partial charge in [-0.1, -0.05) is 36.4 Å². The van der Waals surface area contributed by atoms with Gasteiger partial charge in [-0.3, -0.25) is 0 Å².